The molecule has 0 saturated carbocycles. The zero-order chi connectivity index (χ0) is 23.2. The third-order valence-corrected chi connectivity index (χ3v) is 5.45. The van der Waals surface area contributed by atoms with Gasteiger partial charge < -0.3 is 24.7 Å². The van der Waals surface area contributed by atoms with Crippen LogP contribution in [0.4, 0.5) is 11.5 Å². The van der Waals surface area contributed by atoms with Crippen LogP contribution in [0.5, 0.6) is 0 Å². The van der Waals surface area contributed by atoms with E-state index in [2.05, 4.69) is 39.6 Å². The Bertz CT molecular complexity index is 1130. The summed E-state index contributed by atoms with van der Waals surface area (Å²) in [4.78, 5) is 31.5. The minimum absolute atomic E-state index is 0.142. The van der Waals surface area contributed by atoms with E-state index in [4.69, 9.17) is 4.74 Å². The van der Waals surface area contributed by atoms with Crippen LogP contribution in [0.25, 0.3) is 11.3 Å². The molecule has 1 aliphatic rings. The van der Waals surface area contributed by atoms with Crippen LogP contribution >= 0.6 is 0 Å². The highest BCUT2D eigenvalue weighted by Crippen LogP contribution is 2.25. The predicted octanol–water partition coefficient (Wildman–Crippen LogP) is 2.66. The average Bonchev–Trinajstić information content (AvgIpc) is 3.32. The summed E-state index contributed by atoms with van der Waals surface area (Å²) in [5, 5.41) is 5.38. The first-order valence-corrected chi connectivity index (χ1v) is 11.0. The molecule has 1 aliphatic heterocycles. The van der Waals surface area contributed by atoms with Crippen molar-refractivity contribution in [2.75, 3.05) is 36.5 Å². The van der Waals surface area contributed by atoms with Gasteiger partial charge in [-0.3, -0.25) is 9.59 Å². The molecule has 2 aromatic heterocycles. The Morgan fingerprint density at radius 3 is 2.85 bits per heavy atom. The summed E-state index contributed by atoms with van der Waals surface area (Å²) in [7, 11) is 1.83. The molecular formula is C24H27BN5O3. The number of ether oxygens (including phenoxy) is 1. The fraction of sp³-hybridized carbons (Fsp3) is 0.292. The van der Waals surface area contributed by atoms with Crippen LogP contribution in [0, 0.1) is 0 Å². The number of rotatable bonds is 7. The van der Waals surface area contributed by atoms with Crippen LogP contribution in [0.2, 0.25) is 6.82 Å². The molecule has 0 bridgehead atoms. The van der Waals surface area contributed by atoms with Crippen LogP contribution in [0.15, 0.2) is 60.9 Å². The van der Waals surface area contributed by atoms with Crippen LogP contribution in [0.3, 0.4) is 0 Å². The van der Waals surface area contributed by atoms with Gasteiger partial charge >= 0.3 is 0 Å². The lowest BCUT2D eigenvalue weighted by Gasteiger charge is -2.33. The Morgan fingerprint density at radius 1 is 1.21 bits per heavy atom. The number of amides is 2. The molecule has 1 atom stereocenters. The summed E-state index contributed by atoms with van der Waals surface area (Å²) in [6.07, 6.45) is 3.67. The van der Waals surface area contributed by atoms with E-state index in [-0.39, 0.29) is 24.5 Å². The number of carbonyl (C=O) groups is 2. The highest BCUT2D eigenvalue weighted by molar-refractivity contribution is 6.31. The molecular weight excluding hydrogens is 417 g/mol. The number of nitrogens with one attached hydrogen (secondary N) is 2. The Balaban J connectivity index is 1.38. The number of benzene rings is 1. The van der Waals surface area contributed by atoms with E-state index in [1.807, 2.05) is 38.5 Å². The van der Waals surface area contributed by atoms with E-state index in [0.717, 1.165) is 30.0 Å². The standard InChI is InChI=1S/C24H27BN5O3/c1-17-15-29(11-12-33-17)20-6-3-5-18(13-20)21-7-4-8-22(27-21)28-23(31)14-26-24(32)19-9-10-30(16-19)25-2/h3-10,13,16-17H,11-12,14-15H2,1-2H3,(H,26,32)(H,27,28,31)/t17-/m1/s1. The quantitative estimate of drug-likeness (QED) is 0.547. The SMILES string of the molecule is C[B]n1ccc(C(=O)NCC(=O)Nc2cccc(-c3cccc(N4CCO[C@H](C)C4)c3)n2)c1. The van der Waals surface area contributed by atoms with Gasteiger partial charge in [0.05, 0.1) is 30.5 Å². The topological polar surface area (TPSA) is 88.5 Å². The number of hydrogen-bond acceptors (Lipinski definition) is 5. The van der Waals surface area contributed by atoms with Crippen molar-refractivity contribution in [2.24, 2.45) is 0 Å². The lowest BCUT2D eigenvalue weighted by molar-refractivity contribution is -0.115. The zero-order valence-electron chi connectivity index (χ0n) is 18.8. The van der Waals surface area contributed by atoms with Crippen LogP contribution < -0.4 is 15.5 Å². The summed E-state index contributed by atoms with van der Waals surface area (Å²) in [6, 6.07) is 15.4. The second-order valence-corrected chi connectivity index (χ2v) is 7.92. The van der Waals surface area contributed by atoms with Gasteiger partial charge in [0.25, 0.3) is 5.91 Å². The van der Waals surface area contributed by atoms with Gasteiger partial charge in [0.2, 0.25) is 13.3 Å². The summed E-state index contributed by atoms with van der Waals surface area (Å²) >= 11 is 0. The molecule has 1 radical (unpaired) electrons. The van der Waals surface area contributed by atoms with E-state index in [0.29, 0.717) is 18.0 Å². The number of morpholine rings is 1. The number of anilines is 2. The molecule has 1 fully saturated rings. The monoisotopic (exact) mass is 444 g/mol. The zero-order valence-corrected chi connectivity index (χ0v) is 18.8. The van der Waals surface area contributed by atoms with E-state index >= 15 is 0 Å². The van der Waals surface area contributed by atoms with Crippen molar-refractivity contribution < 1.29 is 14.3 Å². The molecule has 8 nitrogen and oxygen atoms in total. The Morgan fingerprint density at radius 2 is 2.06 bits per heavy atom. The minimum Gasteiger partial charge on any atom is -0.402 e. The molecule has 3 aromatic rings. The third-order valence-electron chi connectivity index (χ3n) is 5.45. The number of pyridine rings is 1. The number of carbonyl (C=O) groups excluding carboxylic acids is 2. The van der Waals surface area contributed by atoms with Crippen molar-refractivity contribution in [1.29, 1.82) is 0 Å². The largest absolute Gasteiger partial charge is 0.402 e. The van der Waals surface area contributed by atoms with Crippen LogP contribution in [-0.2, 0) is 9.53 Å². The van der Waals surface area contributed by atoms with Gasteiger partial charge in [0, 0.05) is 30.5 Å². The molecule has 2 N–H and O–H groups in total. The number of nitrogens with zero attached hydrogens (tertiary/aromatic N) is 3. The highest BCUT2D eigenvalue weighted by Gasteiger charge is 2.17. The van der Waals surface area contributed by atoms with E-state index in [9.17, 15) is 9.59 Å². The molecule has 33 heavy (non-hydrogen) atoms. The Kier molecular flexibility index (Phi) is 7.09. The van der Waals surface area contributed by atoms with Gasteiger partial charge in [0.1, 0.15) is 5.82 Å². The molecule has 3 heterocycles. The minimum atomic E-state index is -0.342. The fourth-order valence-corrected chi connectivity index (χ4v) is 3.74. The van der Waals surface area contributed by atoms with Crippen molar-refractivity contribution in [3.8, 4) is 11.3 Å². The summed E-state index contributed by atoms with van der Waals surface area (Å²) < 4.78 is 7.42. The van der Waals surface area contributed by atoms with E-state index in [1.54, 1.807) is 29.0 Å². The van der Waals surface area contributed by atoms with Gasteiger partial charge in [0.15, 0.2) is 0 Å². The Labute approximate surface area is 194 Å². The molecule has 2 amide bonds. The van der Waals surface area contributed by atoms with Crippen molar-refractivity contribution >= 4 is 30.7 Å². The lowest BCUT2D eigenvalue weighted by atomic mass is 10.0. The van der Waals surface area contributed by atoms with Crippen LogP contribution in [-0.4, -0.2) is 61.0 Å². The number of hydrogen-bond donors (Lipinski definition) is 2. The fourth-order valence-electron chi connectivity index (χ4n) is 3.74. The van der Waals surface area contributed by atoms with Crippen molar-refractivity contribution in [2.45, 2.75) is 19.9 Å². The van der Waals surface area contributed by atoms with Gasteiger partial charge in [-0.05, 0) is 43.5 Å². The molecule has 4 rings (SSSR count). The molecule has 1 saturated heterocycles. The molecule has 0 spiro atoms. The van der Waals surface area contributed by atoms with E-state index < -0.39 is 0 Å². The average molecular weight is 444 g/mol. The predicted molar refractivity (Wildman–Crippen MR) is 130 cm³/mol. The Hall–Kier alpha value is -3.59. The summed E-state index contributed by atoms with van der Waals surface area (Å²) in [6.45, 7) is 6.22. The molecule has 0 aliphatic carbocycles. The molecule has 9 heteroatoms. The van der Waals surface area contributed by atoms with Gasteiger partial charge in [-0.25, -0.2) is 4.98 Å². The van der Waals surface area contributed by atoms with E-state index in [1.165, 1.54) is 0 Å². The summed E-state index contributed by atoms with van der Waals surface area (Å²) in [5.41, 5.74) is 3.34. The second kappa shape index (κ2) is 10.4. The maximum Gasteiger partial charge on any atom is 0.253 e. The van der Waals surface area contributed by atoms with Gasteiger partial charge in [-0.15, -0.1) is 0 Å². The van der Waals surface area contributed by atoms with Gasteiger partial charge in [-0.1, -0.05) is 25.0 Å². The summed E-state index contributed by atoms with van der Waals surface area (Å²) in [5.74, 6) is -0.212. The second-order valence-electron chi connectivity index (χ2n) is 7.92. The molecule has 1 aromatic carbocycles. The third kappa shape index (κ3) is 5.81. The maximum atomic E-state index is 12.4. The van der Waals surface area contributed by atoms with Crippen molar-refractivity contribution in [3.05, 3.63) is 66.5 Å². The van der Waals surface area contributed by atoms with Crippen molar-refractivity contribution in [1.82, 2.24) is 14.8 Å². The maximum absolute atomic E-state index is 12.4. The van der Waals surface area contributed by atoms with Crippen LogP contribution in [0.1, 0.15) is 17.3 Å². The number of aromatic nitrogens is 2. The first-order valence-electron chi connectivity index (χ1n) is 11.0. The molecule has 0 unspecified atom stereocenters. The highest BCUT2D eigenvalue weighted by atomic mass is 16.5. The van der Waals surface area contributed by atoms with Gasteiger partial charge in [-0.2, -0.15) is 0 Å². The first kappa shape index (κ1) is 22.6. The first-order chi connectivity index (χ1) is 16.0. The lowest BCUT2D eigenvalue weighted by Crippen LogP contribution is -2.41. The normalized spacial score (nSPS) is 15.7. The smallest absolute Gasteiger partial charge is 0.253 e. The van der Waals surface area contributed by atoms with Crippen molar-refractivity contribution in [3.63, 3.8) is 0 Å². The molecule has 169 valence electrons.